The summed E-state index contributed by atoms with van der Waals surface area (Å²) in [5.41, 5.74) is 0. The molecular weight excluding hydrogens is 582 g/mol. The SMILES string of the molecule is [Br-].[Br-].c1ccc([P+]2(c3ccccc3)CCC[P+](c3ccccc3)(c3ccccc3)CCC2)cc1. The van der Waals surface area contributed by atoms with Gasteiger partial charge in [-0.1, -0.05) is 72.8 Å². The zero-order valence-corrected chi connectivity index (χ0v) is 24.4. The van der Waals surface area contributed by atoms with E-state index >= 15 is 0 Å². The molecule has 0 nitrogen and oxygen atoms in total. The summed E-state index contributed by atoms with van der Waals surface area (Å²) in [6, 6.07) is 45.8. The van der Waals surface area contributed by atoms with Gasteiger partial charge in [0.15, 0.2) is 0 Å². The van der Waals surface area contributed by atoms with Crippen LogP contribution in [0.4, 0.5) is 0 Å². The molecule has 176 valence electrons. The minimum atomic E-state index is -1.39. The summed E-state index contributed by atoms with van der Waals surface area (Å²) >= 11 is 0. The van der Waals surface area contributed by atoms with Gasteiger partial charge < -0.3 is 34.0 Å². The molecule has 0 N–H and O–H groups in total. The molecule has 34 heavy (non-hydrogen) atoms. The van der Waals surface area contributed by atoms with E-state index in [1.54, 1.807) is 21.2 Å². The van der Waals surface area contributed by atoms with Crippen LogP contribution < -0.4 is 55.2 Å². The van der Waals surface area contributed by atoms with E-state index in [4.69, 9.17) is 0 Å². The first-order valence-corrected chi connectivity index (χ1v) is 16.1. The second-order valence-corrected chi connectivity index (χ2v) is 16.6. The average molecular weight is 614 g/mol. The zero-order chi connectivity index (χ0) is 21.7. The maximum Gasteiger partial charge on any atom is 0.0991 e. The highest BCUT2D eigenvalue weighted by Gasteiger charge is 2.49. The largest absolute Gasteiger partial charge is 1.00 e. The van der Waals surface area contributed by atoms with Crippen molar-refractivity contribution in [2.45, 2.75) is 12.8 Å². The number of rotatable bonds is 4. The Morgan fingerprint density at radius 1 is 0.324 bits per heavy atom. The summed E-state index contributed by atoms with van der Waals surface area (Å²) in [5, 5.41) is 6.38. The monoisotopic (exact) mass is 612 g/mol. The van der Waals surface area contributed by atoms with Gasteiger partial charge in [-0.2, -0.15) is 0 Å². The van der Waals surface area contributed by atoms with Crippen LogP contribution in [0.2, 0.25) is 0 Å². The smallest absolute Gasteiger partial charge is 0.0991 e. The summed E-state index contributed by atoms with van der Waals surface area (Å²) in [6.07, 6.45) is 7.89. The lowest BCUT2D eigenvalue weighted by Crippen LogP contribution is -3.00. The van der Waals surface area contributed by atoms with Crippen molar-refractivity contribution in [2.75, 3.05) is 24.6 Å². The second kappa shape index (κ2) is 12.6. The zero-order valence-electron chi connectivity index (χ0n) is 19.4. The Labute approximate surface area is 227 Å². The Morgan fingerprint density at radius 3 is 0.735 bits per heavy atom. The lowest BCUT2D eigenvalue weighted by molar-refractivity contribution is -0.00100. The summed E-state index contributed by atoms with van der Waals surface area (Å²) in [6.45, 7) is 0. The molecule has 0 aromatic heterocycles. The minimum Gasteiger partial charge on any atom is -1.00 e. The Morgan fingerprint density at radius 2 is 0.529 bits per heavy atom. The van der Waals surface area contributed by atoms with Crippen molar-refractivity contribution in [3.05, 3.63) is 121 Å². The predicted octanol–water partition coefficient (Wildman–Crippen LogP) is 0.125. The average Bonchev–Trinajstić information content (AvgIpc) is 2.87. The van der Waals surface area contributed by atoms with Crippen LogP contribution in [0, 0.1) is 0 Å². The predicted molar refractivity (Wildman–Crippen MR) is 147 cm³/mol. The number of hydrogen-bond donors (Lipinski definition) is 0. The van der Waals surface area contributed by atoms with Crippen LogP contribution in [-0.4, -0.2) is 24.6 Å². The summed E-state index contributed by atoms with van der Waals surface area (Å²) in [5.74, 6) is 0. The van der Waals surface area contributed by atoms with Crippen LogP contribution in [0.1, 0.15) is 12.8 Å². The van der Waals surface area contributed by atoms with E-state index < -0.39 is 14.5 Å². The van der Waals surface area contributed by atoms with Crippen LogP contribution in [0.15, 0.2) is 121 Å². The molecule has 4 aromatic rings. The number of hydrogen-bond acceptors (Lipinski definition) is 0. The molecule has 4 aromatic carbocycles. The molecule has 1 fully saturated rings. The van der Waals surface area contributed by atoms with Crippen LogP contribution in [0.25, 0.3) is 0 Å². The molecule has 4 heteroatoms. The molecule has 0 bridgehead atoms. The fourth-order valence-electron chi connectivity index (χ4n) is 5.63. The highest BCUT2D eigenvalue weighted by molar-refractivity contribution is 7.91. The Balaban J connectivity index is 0.00000162. The van der Waals surface area contributed by atoms with Crippen molar-refractivity contribution < 1.29 is 34.0 Å². The van der Waals surface area contributed by atoms with Crippen LogP contribution in [0.5, 0.6) is 0 Å². The molecule has 0 radical (unpaired) electrons. The van der Waals surface area contributed by atoms with Crippen LogP contribution >= 0.6 is 14.5 Å². The van der Waals surface area contributed by atoms with Crippen molar-refractivity contribution >= 4 is 35.7 Å². The molecule has 1 saturated heterocycles. The van der Waals surface area contributed by atoms with Gasteiger partial charge >= 0.3 is 0 Å². The lowest BCUT2D eigenvalue weighted by atomic mass is 10.4. The van der Waals surface area contributed by atoms with E-state index in [-0.39, 0.29) is 34.0 Å². The molecule has 1 aliphatic rings. The third-order valence-corrected chi connectivity index (χ3v) is 16.6. The van der Waals surface area contributed by atoms with Gasteiger partial charge in [-0.25, -0.2) is 0 Å². The van der Waals surface area contributed by atoms with Crippen LogP contribution in [0.3, 0.4) is 0 Å². The molecule has 0 aliphatic carbocycles. The molecule has 0 amide bonds. The topological polar surface area (TPSA) is 0 Å². The fraction of sp³-hybridized carbons (Fsp3) is 0.200. The molecule has 1 heterocycles. The Kier molecular flexibility index (Phi) is 10.1. The van der Waals surface area contributed by atoms with Gasteiger partial charge in [0.2, 0.25) is 0 Å². The maximum absolute atomic E-state index is 2.40. The third kappa shape index (κ3) is 5.42. The maximum atomic E-state index is 2.40. The van der Waals surface area contributed by atoms with Gasteiger partial charge in [0.25, 0.3) is 0 Å². The molecule has 0 atom stereocenters. The van der Waals surface area contributed by atoms with Gasteiger partial charge in [0, 0.05) is 12.8 Å². The van der Waals surface area contributed by atoms with Crippen molar-refractivity contribution in [3.63, 3.8) is 0 Å². The van der Waals surface area contributed by atoms with Crippen molar-refractivity contribution in [2.24, 2.45) is 0 Å². The van der Waals surface area contributed by atoms with Gasteiger partial charge in [0.05, 0.1) is 60.4 Å². The van der Waals surface area contributed by atoms with E-state index in [1.807, 2.05) is 0 Å². The third-order valence-electron chi connectivity index (χ3n) is 7.16. The van der Waals surface area contributed by atoms with E-state index in [1.165, 1.54) is 37.5 Å². The van der Waals surface area contributed by atoms with E-state index in [0.29, 0.717) is 0 Å². The summed E-state index contributed by atoms with van der Waals surface area (Å²) < 4.78 is 0. The highest BCUT2D eigenvalue weighted by atomic mass is 79.9. The summed E-state index contributed by atoms with van der Waals surface area (Å²) in [7, 11) is -2.78. The van der Waals surface area contributed by atoms with Crippen molar-refractivity contribution in [3.8, 4) is 0 Å². The highest BCUT2D eigenvalue weighted by Crippen LogP contribution is 2.64. The Bertz CT molecular complexity index is 936. The molecule has 5 rings (SSSR count). The van der Waals surface area contributed by atoms with E-state index in [9.17, 15) is 0 Å². The first-order valence-electron chi connectivity index (χ1n) is 11.8. The number of benzene rings is 4. The quantitative estimate of drug-likeness (QED) is 0.287. The molecule has 0 unspecified atom stereocenters. The molecule has 0 spiro atoms. The normalized spacial score (nSPS) is 16.7. The molecule has 0 saturated carbocycles. The fourth-order valence-corrected chi connectivity index (χ4v) is 15.0. The lowest BCUT2D eigenvalue weighted by Gasteiger charge is -2.34. The van der Waals surface area contributed by atoms with Gasteiger partial charge in [-0.15, -0.1) is 0 Å². The van der Waals surface area contributed by atoms with Gasteiger partial charge in [-0.3, -0.25) is 0 Å². The van der Waals surface area contributed by atoms with Crippen molar-refractivity contribution in [1.82, 2.24) is 0 Å². The summed E-state index contributed by atoms with van der Waals surface area (Å²) in [4.78, 5) is 0. The van der Waals surface area contributed by atoms with Crippen molar-refractivity contribution in [1.29, 1.82) is 0 Å². The minimum absolute atomic E-state index is 0. The first kappa shape index (κ1) is 27.3. The van der Waals surface area contributed by atoms with Crippen LogP contribution in [-0.2, 0) is 0 Å². The molecule has 1 aliphatic heterocycles. The first-order chi connectivity index (χ1) is 15.8. The van der Waals surface area contributed by atoms with Gasteiger partial charge in [0.1, 0.15) is 0 Å². The Hall–Kier alpha value is -1.30. The van der Waals surface area contributed by atoms with Gasteiger partial charge in [-0.05, 0) is 48.5 Å². The number of halogens is 2. The molecular formula is C30H32Br2P2. The van der Waals surface area contributed by atoms with E-state index in [2.05, 4.69) is 121 Å². The standard InChI is InChI=1S/C30H32P2.2BrH/c1-5-15-27(16-6-1)31(28-17-7-2-8-18-28)23-13-25-32(26-14-24-31,29-19-9-3-10-20-29)30-21-11-4-12-22-30;;/h1-12,15-22H,13-14,23-26H2;2*1H/q+2;;/p-2. The van der Waals surface area contributed by atoms with E-state index in [0.717, 1.165) is 0 Å². The second-order valence-electron chi connectivity index (χ2n) is 8.88.